The van der Waals surface area contributed by atoms with Gasteiger partial charge in [-0.25, -0.2) is 29.0 Å². The molecule has 3 aromatic heterocycles. The standard InChI is InChI=1S/C25H25FN8O2/c1-25(2)17-19(23(35)29-11-12-36-3)30-21(31-20(17)32-24(25)27)18-15-8-6-10-28-22(15)34(33-18)13-14-7-4-5-9-16(14)26/h4-10H,11-13H2,1-3H3,(H,29,35)(H2,27,30,31,32). The lowest BCUT2D eigenvalue weighted by Gasteiger charge is -2.21. The summed E-state index contributed by atoms with van der Waals surface area (Å²) in [7, 11) is 1.56. The molecule has 3 N–H and O–H groups in total. The Labute approximate surface area is 206 Å². The number of benzene rings is 1. The predicted octanol–water partition coefficient (Wildman–Crippen LogP) is 2.73. The lowest BCUT2D eigenvalue weighted by atomic mass is 9.84. The number of nitrogens with zero attached hydrogens (tertiary/aromatic N) is 6. The third-order valence-electron chi connectivity index (χ3n) is 6.19. The van der Waals surface area contributed by atoms with Crippen molar-refractivity contribution >= 4 is 28.6 Å². The van der Waals surface area contributed by atoms with Crippen molar-refractivity contribution in [2.75, 3.05) is 20.3 Å². The quantitative estimate of drug-likeness (QED) is 0.382. The molecule has 1 amide bonds. The van der Waals surface area contributed by atoms with E-state index in [2.05, 4.69) is 30.4 Å². The molecule has 1 aliphatic heterocycles. The van der Waals surface area contributed by atoms with Gasteiger partial charge < -0.3 is 15.8 Å². The van der Waals surface area contributed by atoms with Gasteiger partial charge in [-0.05, 0) is 32.0 Å². The van der Waals surface area contributed by atoms with Crippen molar-refractivity contribution < 1.29 is 13.9 Å². The number of hydrogen-bond acceptors (Lipinski definition) is 8. The molecule has 0 saturated heterocycles. The summed E-state index contributed by atoms with van der Waals surface area (Å²) in [5, 5.41) is 8.16. The first kappa shape index (κ1) is 23.5. The number of nitrogens with one attached hydrogen (secondary N) is 1. The van der Waals surface area contributed by atoms with Crippen LogP contribution in [0.15, 0.2) is 47.6 Å². The predicted molar refractivity (Wildman–Crippen MR) is 133 cm³/mol. The number of aromatic nitrogens is 5. The number of hydrogen-bond donors (Lipinski definition) is 2. The summed E-state index contributed by atoms with van der Waals surface area (Å²) in [4.78, 5) is 31.3. The van der Waals surface area contributed by atoms with Crippen LogP contribution < -0.4 is 11.1 Å². The van der Waals surface area contributed by atoms with Crippen molar-refractivity contribution in [1.82, 2.24) is 30.0 Å². The Morgan fingerprint density at radius 2 is 2.00 bits per heavy atom. The number of amidine groups is 1. The molecular formula is C25H25FN8O2. The molecule has 11 heteroatoms. The molecule has 4 aromatic rings. The van der Waals surface area contributed by atoms with E-state index in [-0.39, 0.29) is 23.9 Å². The van der Waals surface area contributed by atoms with Gasteiger partial charge in [0.25, 0.3) is 5.91 Å². The Morgan fingerprint density at radius 1 is 1.19 bits per heavy atom. The highest BCUT2D eigenvalue weighted by Gasteiger charge is 2.40. The van der Waals surface area contributed by atoms with Gasteiger partial charge in [0, 0.05) is 31.0 Å². The second-order valence-corrected chi connectivity index (χ2v) is 8.94. The molecule has 1 aliphatic rings. The van der Waals surface area contributed by atoms with E-state index in [4.69, 9.17) is 10.5 Å². The van der Waals surface area contributed by atoms with E-state index in [0.29, 0.717) is 52.7 Å². The highest BCUT2D eigenvalue weighted by atomic mass is 19.1. The fourth-order valence-corrected chi connectivity index (χ4v) is 4.18. The monoisotopic (exact) mass is 488 g/mol. The SMILES string of the molecule is COCCNC(=O)c1nc(-c2nn(Cc3ccccc3F)c3ncccc23)nc2c1C(C)(C)C(N)=N2. The number of fused-ring (bicyclic) bond motifs is 2. The summed E-state index contributed by atoms with van der Waals surface area (Å²) in [5.74, 6) is 0.129. The van der Waals surface area contributed by atoms with Crippen LogP contribution in [0, 0.1) is 5.82 Å². The number of aliphatic imine (C=N–C) groups is 1. The number of nitrogens with two attached hydrogens (primary N) is 1. The maximum atomic E-state index is 14.4. The van der Waals surface area contributed by atoms with Gasteiger partial charge in [-0.1, -0.05) is 18.2 Å². The second-order valence-electron chi connectivity index (χ2n) is 8.94. The maximum Gasteiger partial charge on any atom is 0.270 e. The smallest absolute Gasteiger partial charge is 0.270 e. The van der Waals surface area contributed by atoms with Crippen molar-refractivity contribution in [1.29, 1.82) is 0 Å². The van der Waals surface area contributed by atoms with Gasteiger partial charge in [-0.3, -0.25) is 4.79 Å². The molecule has 0 saturated carbocycles. The van der Waals surface area contributed by atoms with Gasteiger partial charge in [0.05, 0.1) is 24.0 Å². The van der Waals surface area contributed by atoms with Gasteiger partial charge in [0.15, 0.2) is 17.3 Å². The van der Waals surface area contributed by atoms with Crippen molar-refractivity contribution in [3.8, 4) is 11.5 Å². The van der Waals surface area contributed by atoms with E-state index in [0.717, 1.165) is 0 Å². The van der Waals surface area contributed by atoms with Crippen LogP contribution >= 0.6 is 0 Å². The first-order chi connectivity index (χ1) is 17.3. The van der Waals surface area contributed by atoms with Crippen LogP contribution in [0.2, 0.25) is 0 Å². The Kier molecular flexibility index (Phi) is 5.92. The number of pyridine rings is 1. The Bertz CT molecular complexity index is 1510. The minimum atomic E-state index is -0.727. The molecule has 0 bridgehead atoms. The first-order valence-corrected chi connectivity index (χ1v) is 11.4. The number of ether oxygens (including phenoxy) is 1. The van der Waals surface area contributed by atoms with Gasteiger partial charge in [-0.2, -0.15) is 5.10 Å². The number of rotatable bonds is 7. The molecule has 184 valence electrons. The summed E-state index contributed by atoms with van der Waals surface area (Å²) in [5.41, 5.74) is 7.60. The minimum absolute atomic E-state index is 0.160. The van der Waals surface area contributed by atoms with E-state index in [1.54, 1.807) is 42.3 Å². The molecule has 0 aliphatic carbocycles. The number of carbonyl (C=O) groups excluding carboxylic acids is 1. The largest absolute Gasteiger partial charge is 0.386 e. The normalized spacial score (nSPS) is 14.1. The van der Waals surface area contributed by atoms with Gasteiger partial charge >= 0.3 is 0 Å². The van der Waals surface area contributed by atoms with Gasteiger partial charge in [-0.15, -0.1) is 0 Å². The average Bonchev–Trinajstić information content (AvgIpc) is 3.34. The van der Waals surface area contributed by atoms with E-state index >= 15 is 0 Å². The Balaban J connectivity index is 1.66. The van der Waals surface area contributed by atoms with Crippen molar-refractivity contribution in [3.63, 3.8) is 0 Å². The molecule has 1 aromatic carbocycles. The topological polar surface area (TPSA) is 133 Å². The van der Waals surface area contributed by atoms with E-state index < -0.39 is 11.3 Å². The van der Waals surface area contributed by atoms with Crippen molar-refractivity contribution in [2.24, 2.45) is 10.7 Å². The van der Waals surface area contributed by atoms with E-state index in [9.17, 15) is 9.18 Å². The zero-order valence-corrected chi connectivity index (χ0v) is 20.1. The van der Waals surface area contributed by atoms with Crippen LogP contribution in [0.3, 0.4) is 0 Å². The third kappa shape index (κ3) is 3.97. The molecule has 10 nitrogen and oxygen atoms in total. The summed E-state index contributed by atoms with van der Waals surface area (Å²) < 4.78 is 21.0. The van der Waals surface area contributed by atoms with Crippen LogP contribution in [-0.4, -0.2) is 56.7 Å². The van der Waals surface area contributed by atoms with Crippen LogP contribution in [0.25, 0.3) is 22.6 Å². The molecule has 36 heavy (non-hydrogen) atoms. The van der Waals surface area contributed by atoms with Crippen LogP contribution in [0.1, 0.15) is 35.5 Å². The lowest BCUT2D eigenvalue weighted by Crippen LogP contribution is -2.36. The van der Waals surface area contributed by atoms with Crippen LogP contribution in [0.4, 0.5) is 10.2 Å². The molecular weight excluding hydrogens is 463 g/mol. The Morgan fingerprint density at radius 3 is 2.78 bits per heavy atom. The summed E-state index contributed by atoms with van der Waals surface area (Å²) in [6.45, 7) is 4.56. The Hall–Kier alpha value is -4.25. The van der Waals surface area contributed by atoms with Gasteiger partial charge in [0.2, 0.25) is 0 Å². The zero-order valence-electron chi connectivity index (χ0n) is 20.1. The molecule has 5 rings (SSSR count). The number of methoxy groups -OCH3 is 1. The number of carbonyl (C=O) groups is 1. The van der Waals surface area contributed by atoms with E-state index in [1.807, 2.05) is 19.9 Å². The summed E-state index contributed by atoms with van der Waals surface area (Å²) in [6, 6.07) is 10.1. The highest BCUT2D eigenvalue weighted by molar-refractivity contribution is 6.04. The summed E-state index contributed by atoms with van der Waals surface area (Å²) in [6.07, 6.45) is 1.64. The van der Waals surface area contributed by atoms with Crippen LogP contribution in [-0.2, 0) is 16.7 Å². The van der Waals surface area contributed by atoms with Gasteiger partial charge in [0.1, 0.15) is 23.0 Å². The van der Waals surface area contributed by atoms with Crippen molar-refractivity contribution in [3.05, 3.63) is 65.2 Å². The second kappa shape index (κ2) is 9.08. The number of halogens is 1. The molecule has 4 heterocycles. The molecule has 0 radical (unpaired) electrons. The highest BCUT2D eigenvalue weighted by Crippen LogP contribution is 2.40. The lowest BCUT2D eigenvalue weighted by molar-refractivity contribution is 0.0930. The average molecular weight is 489 g/mol. The van der Waals surface area contributed by atoms with Crippen molar-refractivity contribution in [2.45, 2.75) is 25.8 Å². The molecule has 0 atom stereocenters. The third-order valence-corrected chi connectivity index (χ3v) is 6.19. The van der Waals surface area contributed by atoms with E-state index in [1.165, 1.54) is 6.07 Å². The fraction of sp³-hybridized carbons (Fsp3) is 0.280. The molecule has 0 fully saturated rings. The molecule has 0 spiro atoms. The minimum Gasteiger partial charge on any atom is -0.386 e. The zero-order chi connectivity index (χ0) is 25.4. The number of amides is 1. The maximum absolute atomic E-state index is 14.4. The first-order valence-electron chi connectivity index (χ1n) is 11.4. The summed E-state index contributed by atoms with van der Waals surface area (Å²) >= 11 is 0. The fourth-order valence-electron chi connectivity index (χ4n) is 4.18. The molecule has 0 unspecified atom stereocenters. The van der Waals surface area contributed by atoms with Crippen LogP contribution in [0.5, 0.6) is 0 Å².